The monoisotopic (exact) mass is 409 g/mol. The first-order chi connectivity index (χ1) is 12.6. The summed E-state index contributed by atoms with van der Waals surface area (Å²) in [7, 11) is 0. The van der Waals surface area contributed by atoms with Gasteiger partial charge in [-0.1, -0.05) is 6.07 Å². The van der Waals surface area contributed by atoms with Crippen LogP contribution in [0.15, 0.2) is 48.7 Å². The quantitative estimate of drug-likeness (QED) is 0.572. The summed E-state index contributed by atoms with van der Waals surface area (Å²) in [6.45, 7) is 4.25. The van der Waals surface area contributed by atoms with Gasteiger partial charge in [0.2, 0.25) is 5.91 Å². The SMILES string of the molecule is Cl.O.O=C(CCN1CCN(c2ccccn2)CC1)Nc1ccc([N+](=O)[O-])cc1. The van der Waals surface area contributed by atoms with Crippen molar-refractivity contribution in [2.75, 3.05) is 42.9 Å². The smallest absolute Gasteiger partial charge is 0.269 e. The Hall–Kier alpha value is -2.75. The molecule has 0 spiro atoms. The molecule has 10 heteroatoms. The van der Waals surface area contributed by atoms with Crippen molar-refractivity contribution < 1.29 is 15.2 Å². The molecule has 1 aromatic heterocycles. The molecule has 0 saturated carbocycles. The number of anilines is 2. The van der Waals surface area contributed by atoms with Crippen LogP contribution in [0.1, 0.15) is 6.42 Å². The van der Waals surface area contributed by atoms with Gasteiger partial charge in [0, 0.05) is 63.2 Å². The Labute approximate surface area is 169 Å². The molecule has 1 amide bonds. The van der Waals surface area contributed by atoms with Gasteiger partial charge in [-0.2, -0.15) is 0 Å². The minimum atomic E-state index is -0.462. The van der Waals surface area contributed by atoms with Crippen LogP contribution in [0, 0.1) is 10.1 Å². The summed E-state index contributed by atoms with van der Waals surface area (Å²) >= 11 is 0. The fourth-order valence-corrected chi connectivity index (χ4v) is 2.89. The van der Waals surface area contributed by atoms with E-state index in [0.717, 1.165) is 32.0 Å². The van der Waals surface area contributed by atoms with Crippen LogP contribution >= 0.6 is 12.4 Å². The standard InChI is InChI=1S/C18H21N5O3.ClH.H2O/c24-18(20-15-4-6-16(7-5-15)23(25)26)8-10-21-11-13-22(14-12-21)17-3-1-2-9-19-17;;/h1-7,9H,8,10-14H2,(H,20,24);1H;1H2. The van der Waals surface area contributed by atoms with Crippen LogP contribution < -0.4 is 10.2 Å². The first kappa shape index (κ1) is 23.3. The average Bonchev–Trinajstić information content (AvgIpc) is 2.68. The molecule has 3 N–H and O–H groups in total. The number of nitrogens with zero attached hydrogens (tertiary/aromatic N) is 4. The molecule has 1 aromatic carbocycles. The summed E-state index contributed by atoms with van der Waals surface area (Å²) in [6, 6.07) is 11.7. The van der Waals surface area contributed by atoms with E-state index in [1.54, 1.807) is 18.3 Å². The molecule has 0 aliphatic carbocycles. The van der Waals surface area contributed by atoms with Crippen LogP contribution in [0.5, 0.6) is 0 Å². The Morgan fingerprint density at radius 1 is 1.11 bits per heavy atom. The number of nitrogens with one attached hydrogen (secondary N) is 1. The minimum Gasteiger partial charge on any atom is -0.412 e. The summed E-state index contributed by atoms with van der Waals surface area (Å²) in [5.41, 5.74) is 0.578. The molecule has 0 atom stereocenters. The van der Waals surface area contributed by atoms with Crippen LogP contribution in [-0.2, 0) is 4.79 Å². The summed E-state index contributed by atoms with van der Waals surface area (Å²) < 4.78 is 0. The molecule has 2 heterocycles. The zero-order valence-electron chi connectivity index (χ0n) is 15.3. The molecule has 1 fully saturated rings. The Balaban J connectivity index is 0.00000196. The molecule has 1 aliphatic rings. The van der Waals surface area contributed by atoms with Gasteiger partial charge in [-0.25, -0.2) is 4.98 Å². The highest BCUT2D eigenvalue weighted by Crippen LogP contribution is 2.16. The van der Waals surface area contributed by atoms with Crippen molar-refractivity contribution in [3.63, 3.8) is 0 Å². The number of aromatic nitrogens is 1. The Bertz CT molecular complexity index is 752. The lowest BCUT2D eigenvalue weighted by molar-refractivity contribution is -0.384. The van der Waals surface area contributed by atoms with E-state index in [2.05, 4.69) is 20.1 Å². The predicted molar refractivity (Wildman–Crippen MR) is 110 cm³/mol. The summed E-state index contributed by atoms with van der Waals surface area (Å²) in [5, 5.41) is 13.4. The largest absolute Gasteiger partial charge is 0.412 e. The molecule has 0 radical (unpaired) electrons. The Morgan fingerprint density at radius 3 is 2.36 bits per heavy atom. The van der Waals surface area contributed by atoms with Crippen LogP contribution in [-0.4, -0.2) is 58.9 Å². The van der Waals surface area contributed by atoms with Crippen molar-refractivity contribution in [2.24, 2.45) is 0 Å². The number of pyridine rings is 1. The maximum absolute atomic E-state index is 12.1. The van der Waals surface area contributed by atoms with E-state index in [9.17, 15) is 14.9 Å². The van der Waals surface area contributed by atoms with Crippen molar-refractivity contribution in [3.05, 3.63) is 58.8 Å². The zero-order valence-corrected chi connectivity index (χ0v) is 16.1. The number of carbonyl (C=O) groups excluding carboxylic acids is 1. The number of amides is 1. The highest BCUT2D eigenvalue weighted by molar-refractivity contribution is 5.90. The third kappa shape index (κ3) is 6.45. The second-order valence-corrected chi connectivity index (χ2v) is 6.12. The summed E-state index contributed by atoms with van der Waals surface area (Å²) in [6.07, 6.45) is 2.19. The molecular weight excluding hydrogens is 386 g/mol. The van der Waals surface area contributed by atoms with Gasteiger partial charge in [0.05, 0.1) is 4.92 Å². The normalized spacial score (nSPS) is 13.8. The number of nitro benzene ring substituents is 1. The van der Waals surface area contributed by atoms with E-state index in [-0.39, 0.29) is 29.5 Å². The van der Waals surface area contributed by atoms with Crippen molar-refractivity contribution in [1.82, 2.24) is 9.88 Å². The van der Waals surface area contributed by atoms with Crippen LogP contribution in [0.4, 0.5) is 17.2 Å². The molecule has 28 heavy (non-hydrogen) atoms. The van der Waals surface area contributed by atoms with Crippen molar-refractivity contribution in [2.45, 2.75) is 6.42 Å². The predicted octanol–water partition coefficient (Wildman–Crippen LogP) is 1.74. The number of nitro groups is 1. The molecular formula is C18H24ClN5O4. The van der Waals surface area contributed by atoms with E-state index in [4.69, 9.17) is 0 Å². The van der Waals surface area contributed by atoms with Crippen molar-refractivity contribution in [1.29, 1.82) is 0 Å². The molecule has 1 saturated heterocycles. The molecule has 0 unspecified atom stereocenters. The third-order valence-corrected chi connectivity index (χ3v) is 4.36. The van der Waals surface area contributed by atoms with Crippen LogP contribution in [0.2, 0.25) is 0 Å². The van der Waals surface area contributed by atoms with Gasteiger partial charge >= 0.3 is 0 Å². The lowest BCUT2D eigenvalue weighted by Gasteiger charge is -2.35. The van der Waals surface area contributed by atoms with E-state index in [1.165, 1.54) is 12.1 Å². The number of rotatable bonds is 6. The molecule has 2 aromatic rings. The highest BCUT2D eigenvalue weighted by atomic mass is 35.5. The third-order valence-electron chi connectivity index (χ3n) is 4.36. The molecule has 1 aliphatic heterocycles. The molecule has 152 valence electrons. The number of non-ortho nitro benzene ring substituents is 1. The fraction of sp³-hybridized carbons (Fsp3) is 0.333. The number of carbonyl (C=O) groups is 1. The highest BCUT2D eigenvalue weighted by Gasteiger charge is 2.18. The van der Waals surface area contributed by atoms with E-state index < -0.39 is 4.92 Å². The zero-order chi connectivity index (χ0) is 18.4. The van der Waals surface area contributed by atoms with E-state index >= 15 is 0 Å². The second kappa shape index (κ2) is 11.2. The summed E-state index contributed by atoms with van der Waals surface area (Å²) in [4.78, 5) is 31.1. The number of benzene rings is 1. The number of halogens is 1. The first-order valence-electron chi connectivity index (χ1n) is 8.54. The number of hydrogen-bond acceptors (Lipinski definition) is 6. The van der Waals surface area contributed by atoms with Gasteiger partial charge in [0.1, 0.15) is 5.82 Å². The van der Waals surface area contributed by atoms with Gasteiger partial charge in [-0.15, -0.1) is 12.4 Å². The lowest BCUT2D eigenvalue weighted by atomic mass is 10.2. The maximum Gasteiger partial charge on any atom is 0.269 e. The second-order valence-electron chi connectivity index (χ2n) is 6.12. The lowest BCUT2D eigenvalue weighted by Crippen LogP contribution is -2.47. The van der Waals surface area contributed by atoms with Gasteiger partial charge < -0.3 is 15.7 Å². The van der Waals surface area contributed by atoms with Crippen molar-refractivity contribution in [3.8, 4) is 0 Å². The van der Waals surface area contributed by atoms with Crippen LogP contribution in [0.25, 0.3) is 0 Å². The van der Waals surface area contributed by atoms with Crippen molar-refractivity contribution >= 4 is 35.5 Å². The number of hydrogen-bond donors (Lipinski definition) is 1. The molecule has 9 nitrogen and oxygen atoms in total. The Morgan fingerprint density at radius 2 is 1.79 bits per heavy atom. The van der Waals surface area contributed by atoms with Crippen LogP contribution in [0.3, 0.4) is 0 Å². The van der Waals surface area contributed by atoms with Gasteiger partial charge in [-0.3, -0.25) is 19.8 Å². The van der Waals surface area contributed by atoms with Gasteiger partial charge in [0.25, 0.3) is 5.69 Å². The van der Waals surface area contributed by atoms with E-state index in [0.29, 0.717) is 18.7 Å². The minimum absolute atomic E-state index is 0. The van der Waals surface area contributed by atoms with Gasteiger partial charge in [0.15, 0.2) is 0 Å². The molecule has 3 rings (SSSR count). The van der Waals surface area contributed by atoms with Gasteiger partial charge in [-0.05, 0) is 24.3 Å². The van der Waals surface area contributed by atoms with E-state index in [1.807, 2.05) is 18.2 Å². The first-order valence-corrected chi connectivity index (χ1v) is 8.54. The molecule has 0 bridgehead atoms. The Kier molecular flexibility index (Phi) is 9.29. The topological polar surface area (TPSA) is 123 Å². The average molecular weight is 410 g/mol. The fourth-order valence-electron chi connectivity index (χ4n) is 2.89. The maximum atomic E-state index is 12.1. The summed E-state index contributed by atoms with van der Waals surface area (Å²) in [5.74, 6) is 0.897. The number of piperazine rings is 1.